The number of benzene rings is 2. The fourth-order valence-electron chi connectivity index (χ4n) is 1.76. The highest BCUT2D eigenvalue weighted by molar-refractivity contribution is 7.80. The van der Waals surface area contributed by atoms with Gasteiger partial charge in [-0.25, -0.2) is 4.79 Å². The Morgan fingerprint density at radius 1 is 1.18 bits per heavy atom. The molecule has 0 saturated carbocycles. The molecule has 5 nitrogen and oxygen atoms in total. The largest absolute Gasteiger partial charge is 0.495 e. The second-order valence-electron chi connectivity index (χ2n) is 4.31. The van der Waals surface area contributed by atoms with Crippen LogP contribution < -0.4 is 15.4 Å². The fourth-order valence-corrected chi connectivity index (χ4v) is 2.11. The van der Waals surface area contributed by atoms with E-state index in [0.717, 1.165) is 5.69 Å². The molecule has 0 bridgehead atoms. The Balaban J connectivity index is 2.14. The number of carboxylic acid groups (broad SMARTS) is 1. The van der Waals surface area contributed by atoms with Crippen LogP contribution in [0, 0.1) is 0 Å². The Labute approximate surface area is 137 Å². The molecule has 0 radical (unpaired) electrons. The number of hydrogen-bond donors (Lipinski definition) is 3. The number of anilines is 2. The van der Waals surface area contributed by atoms with Crippen molar-refractivity contribution in [3.8, 4) is 5.75 Å². The molecule has 2 aromatic rings. The number of carbonyl (C=O) groups is 1. The van der Waals surface area contributed by atoms with Crippen LogP contribution in [0.4, 0.5) is 11.4 Å². The van der Waals surface area contributed by atoms with Gasteiger partial charge in [0.15, 0.2) is 5.11 Å². The summed E-state index contributed by atoms with van der Waals surface area (Å²) in [6.45, 7) is 0. The minimum Gasteiger partial charge on any atom is -0.495 e. The van der Waals surface area contributed by atoms with E-state index in [1.54, 1.807) is 30.3 Å². The number of rotatable bonds is 4. The molecule has 0 spiro atoms. The van der Waals surface area contributed by atoms with Crippen molar-refractivity contribution in [2.45, 2.75) is 0 Å². The first-order valence-corrected chi connectivity index (χ1v) is 7.03. The predicted molar refractivity (Wildman–Crippen MR) is 91.2 cm³/mol. The Kier molecular flexibility index (Phi) is 5.19. The van der Waals surface area contributed by atoms with E-state index in [2.05, 4.69) is 10.6 Å². The SMILES string of the molecule is COc1ccc(C(=O)O)cc1NC(=S)Nc1ccc(Cl)cc1. The van der Waals surface area contributed by atoms with Gasteiger partial charge in [-0.1, -0.05) is 11.6 Å². The van der Waals surface area contributed by atoms with E-state index >= 15 is 0 Å². The van der Waals surface area contributed by atoms with Crippen molar-refractivity contribution in [3.63, 3.8) is 0 Å². The maximum atomic E-state index is 11.0. The molecule has 0 amide bonds. The van der Waals surface area contributed by atoms with Gasteiger partial charge in [0.25, 0.3) is 0 Å². The number of halogens is 1. The summed E-state index contributed by atoms with van der Waals surface area (Å²) in [5.41, 5.74) is 1.36. The maximum absolute atomic E-state index is 11.0. The number of nitrogens with one attached hydrogen (secondary N) is 2. The zero-order valence-corrected chi connectivity index (χ0v) is 13.2. The summed E-state index contributed by atoms with van der Waals surface area (Å²) in [7, 11) is 1.50. The Morgan fingerprint density at radius 3 is 2.45 bits per heavy atom. The van der Waals surface area contributed by atoms with E-state index in [1.807, 2.05) is 0 Å². The van der Waals surface area contributed by atoms with Crippen molar-refractivity contribution in [2.24, 2.45) is 0 Å². The van der Waals surface area contributed by atoms with Crippen molar-refractivity contribution >= 4 is 46.3 Å². The Bertz CT molecular complexity index is 704. The normalized spacial score (nSPS) is 9.91. The number of hydrogen-bond acceptors (Lipinski definition) is 3. The quantitative estimate of drug-likeness (QED) is 0.737. The smallest absolute Gasteiger partial charge is 0.335 e. The van der Waals surface area contributed by atoms with Gasteiger partial charge in [-0.05, 0) is 54.7 Å². The van der Waals surface area contributed by atoms with E-state index in [0.29, 0.717) is 21.6 Å². The molecule has 0 aromatic heterocycles. The monoisotopic (exact) mass is 336 g/mol. The molecule has 0 fully saturated rings. The molecule has 3 N–H and O–H groups in total. The third kappa shape index (κ3) is 4.09. The molecule has 7 heteroatoms. The zero-order valence-electron chi connectivity index (χ0n) is 11.6. The van der Waals surface area contributed by atoms with Crippen LogP contribution in [0.2, 0.25) is 5.02 Å². The summed E-state index contributed by atoms with van der Waals surface area (Å²) in [5.74, 6) is -0.535. The Hall–Kier alpha value is -2.31. The molecule has 0 aliphatic rings. The van der Waals surface area contributed by atoms with E-state index in [4.69, 9.17) is 33.7 Å². The van der Waals surface area contributed by atoms with E-state index in [9.17, 15) is 4.79 Å². The molecule has 0 saturated heterocycles. The van der Waals surface area contributed by atoms with E-state index in [-0.39, 0.29) is 5.56 Å². The molecule has 0 aliphatic carbocycles. The second kappa shape index (κ2) is 7.11. The topological polar surface area (TPSA) is 70.6 Å². The molecule has 0 unspecified atom stereocenters. The lowest BCUT2D eigenvalue weighted by Gasteiger charge is -2.14. The molecular formula is C15H13ClN2O3S. The predicted octanol–water partition coefficient (Wildman–Crippen LogP) is 3.86. The van der Waals surface area contributed by atoms with Crippen molar-refractivity contribution in [3.05, 3.63) is 53.1 Å². The van der Waals surface area contributed by atoms with Gasteiger partial charge in [0.2, 0.25) is 0 Å². The molecule has 0 atom stereocenters. The van der Waals surface area contributed by atoms with Crippen molar-refractivity contribution in [2.75, 3.05) is 17.7 Å². The van der Waals surface area contributed by atoms with Crippen LogP contribution in [0.25, 0.3) is 0 Å². The summed E-state index contributed by atoms with van der Waals surface area (Å²) in [4.78, 5) is 11.0. The van der Waals surface area contributed by atoms with Crippen LogP contribution >= 0.6 is 23.8 Å². The highest BCUT2D eigenvalue weighted by Gasteiger charge is 2.10. The minimum absolute atomic E-state index is 0.137. The summed E-state index contributed by atoms with van der Waals surface area (Å²) < 4.78 is 5.19. The average molecular weight is 337 g/mol. The number of methoxy groups -OCH3 is 1. The van der Waals surface area contributed by atoms with Crippen molar-refractivity contribution in [1.29, 1.82) is 0 Å². The lowest BCUT2D eigenvalue weighted by Crippen LogP contribution is -2.19. The van der Waals surface area contributed by atoms with Gasteiger partial charge in [0.05, 0.1) is 18.4 Å². The second-order valence-corrected chi connectivity index (χ2v) is 5.15. The number of thiocarbonyl (C=S) groups is 1. The van der Waals surface area contributed by atoms with Crippen molar-refractivity contribution < 1.29 is 14.6 Å². The molecule has 22 heavy (non-hydrogen) atoms. The molecule has 0 heterocycles. The van der Waals surface area contributed by atoms with Crippen LogP contribution in [-0.4, -0.2) is 23.3 Å². The highest BCUT2D eigenvalue weighted by Crippen LogP contribution is 2.26. The molecule has 114 valence electrons. The van der Waals surface area contributed by atoms with E-state index < -0.39 is 5.97 Å². The third-order valence-electron chi connectivity index (χ3n) is 2.80. The number of ether oxygens (including phenoxy) is 1. The van der Waals surface area contributed by atoms with Gasteiger partial charge in [0.1, 0.15) is 5.75 Å². The van der Waals surface area contributed by atoms with Gasteiger partial charge >= 0.3 is 5.97 Å². The van der Waals surface area contributed by atoms with Crippen LogP contribution in [0.1, 0.15) is 10.4 Å². The lowest BCUT2D eigenvalue weighted by molar-refractivity contribution is 0.0697. The Morgan fingerprint density at radius 2 is 1.86 bits per heavy atom. The van der Waals surface area contributed by atoms with Gasteiger partial charge in [-0.15, -0.1) is 0 Å². The standard InChI is InChI=1S/C15H13ClN2O3S/c1-21-13-7-2-9(14(19)20)8-12(13)18-15(22)17-11-5-3-10(16)4-6-11/h2-8H,1H3,(H,19,20)(H2,17,18,22). The lowest BCUT2D eigenvalue weighted by atomic mass is 10.2. The van der Waals surface area contributed by atoms with Gasteiger partial charge < -0.3 is 20.5 Å². The zero-order chi connectivity index (χ0) is 16.1. The summed E-state index contributed by atoms with van der Waals surface area (Å²) in [6, 6.07) is 11.5. The summed E-state index contributed by atoms with van der Waals surface area (Å²) in [6.07, 6.45) is 0. The van der Waals surface area contributed by atoms with Gasteiger partial charge in [0, 0.05) is 10.7 Å². The van der Waals surface area contributed by atoms with Gasteiger partial charge in [-0.3, -0.25) is 0 Å². The van der Waals surface area contributed by atoms with Crippen LogP contribution in [0.3, 0.4) is 0 Å². The molecule has 0 aliphatic heterocycles. The van der Waals surface area contributed by atoms with Crippen molar-refractivity contribution in [1.82, 2.24) is 0 Å². The van der Waals surface area contributed by atoms with Crippen LogP contribution in [-0.2, 0) is 0 Å². The summed E-state index contributed by atoms with van der Waals surface area (Å²) in [5, 5.41) is 15.9. The summed E-state index contributed by atoms with van der Waals surface area (Å²) >= 11 is 11.0. The highest BCUT2D eigenvalue weighted by atomic mass is 35.5. The first kappa shape index (κ1) is 16.1. The van der Waals surface area contributed by atoms with Crippen LogP contribution in [0.5, 0.6) is 5.75 Å². The molecule has 2 aromatic carbocycles. The van der Waals surface area contributed by atoms with E-state index in [1.165, 1.54) is 19.2 Å². The first-order valence-electron chi connectivity index (χ1n) is 6.24. The third-order valence-corrected chi connectivity index (χ3v) is 3.25. The number of carboxylic acids is 1. The molecular weight excluding hydrogens is 324 g/mol. The molecule has 2 rings (SSSR count). The number of aromatic carboxylic acids is 1. The van der Waals surface area contributed by atoms with Crippen LogP contribution in [0.15, 0.2) is 42.5 Å². The van der Waals surface area contributed by atoms with Gasteiger partial charge in [-0.2, -0.15) is 0 Å². The maximum Gasteiger partial charge on any atom is 0.335 e. The average Bonchev–Trinajstić information content (AvgIpc) is 2.49. The first-order chi connectivity index (χ1) is 10.5. The fraction of sp³-hybridized carbons (Fsp3) is 0.0667. The minimum atomic E-state index is -1.03.